The van der Waals surface area contributed by atoms with Crippen LogP contribution in [0.5, 0.6) is 5.75 Å². The highest BCUT2D eigenvalue weighted by molar-refractivity contribution is 6.53. The fourth-order valence-corrected chi connectivity index (χ4v) is 4.10. The van der Waals surface area contributed by atoms with Gasteiger partial charge in [-0.2, -0.15) is 0 Å². The highest BCUT2D eigenvalue weighted by Gasteiger charge is 2.67. The number of nitrogens with one attached hydrogen (secondary N) is 1. The number of carbonyl (C=O) groups is 1. The number of rotatable bonds is 6. The fourth-order valence-electron chi connectivity index (χ4n) is 3.39. The van der Waals surface area contributed by atoms with E-state index in [9.17, 15) is 4.79 Å². The summed E-state index contributed by atoms with van der Waals surface area (Å²) >= 11 is 12.2. The van der Waals surface area contributed by atoms with Gasteiger partial charge in [0.2, 0.25) is 5.91 Å². The van der Waals surface area contributed by atoms with Gasteiger partial charge in [-0.05, 0) is 57.0 Å². The summed E-state index contributed by atoms with van der Waals surface area (Å²) in [5, 5.41) is 3.06. The molecule has 3 rings (SSSR count). The Labute approximate surface area is 153 Å². The van der Waals surface area contributed by atoms with Crippen LogP contribution in [0.15, 0.2) is 24.3 Å². The molecule has 1 aliphatic heterocycles. The molecule has 24 heavy (non-hydrogen) atoms. The second-order valence-corrected chi connectivity index (χ2v) is 8.44. The van der Waals surface area contributed by atoms with Gasteiger partial charge >= 0.3 is 0 Å². The molecule has 2 aliphatic rings. The molecule has 132 valence electrons. The van der Waals surface area contributed by atoms with Gasteiger partial charge in [-0.3, -0.25) is 9.69 Å². The number of hydrogen-bond acceptors (Lipinski definition) is 3. The number of amides is 1. The smallest absolute Gasteiger partial charge is 0.229 e. The maximum absolute atomic E-state index is 12.5. The maximum Gasteiger partial charge on any atom is 0.229 e. The Morgan fingerprint density at radius 1 is 1.38 bits per heavy atom. The van der Waals surface area contributed by atoms with Crippen molar-refractivity contribution in [3.05, 3.63) is 29.8 Å². The number of alkyl halides is 2. The third-order valence-corrected chi connectivity index (χ3v) is 6.38. The molecule has 2 fully saturated rings. The summed E-state index contributed by atoms with van der Waals surface area (Å²) < 4.78 is 4.41. The Bertz CT molecular complexity index is 617. The Balaban J connectivity index is 1.72. The van der Waals surface area contributed by atoms with E-state index < -0.39 is 9.75 Å². The standard InChI is InChI=1S/C18H24Cl2N2O2/c1-17(12-18(17,19)20)16(23)21-11-15(22-8-3-4-9-22)13-6-5-7-14(10-13)24-2/h5-7,10,15H,3-4,8-9,11-12H2,1-2H3,(H,21,23). The van der Waals surface area contributed by atoms with Crippen molar-refractivity contribution in [3.63, 3.8) is 0 Å². The number of methoxy groups -OCH3 is 1. The van der Waals surface area contributed by atoms with Crippen molar-refractivity contribution in [3.8, 4) is 5.75 Å². The van der Waals surface area contributed by atoms with Crippen molar-refractivity contribution in [1.82, 2.24) is 10.2 Å². The van der Waals surface area contributed by atoms with E-state index in [4.69, 9.17) is 27.9 Å². The number of carbonyl (C=O) groups excluding carboxylic acids is 1. The lowest BCUT2D eigenvalue weighted by Gasteiger charge is -2.29. The molecule has 1 saturated heterocycles. The lowest BCUT2D eigenvalue weighted by molar-refractivity contribution is -0.126. The lowest BCUT2D eigenvalue weighted by Crippen LogP contribution is -2.40. The van der Waals surface area contributed by atoms with Crippen LogP contribution < -0.4 is 10.1 Å². The molecule has 4 nitrogen and oxygen atoms in total. The Morgan fingerprint density at radius 3 is 2.62 bits per heavy atom. The average molecular weight is 371 g/mol. The quantitative estimate of drug-likeness (QED) is 0.778. The molecule has 0 radical (unpaired) electrons. The van der Waals surface area contributed by atoms with Crippen LogP contribution in [-0.4, -0.2) is 41.9 Å². The first kappa shape index (κ1) is 17.8. The molecule has 1 N–H and O–H groups in total. The van der Waals surface area contributed by atoms with Crippen LogP contribution >= 0.6 is 23.2 Å². The molecule has 0 bridgehead atoms. The fraction of sp³-hybridized carbons (Fsp3) is 0.611. The minimum atomic E-state index is -0.934. The number of ether oxygens (including phenoxy) is 1. The molecule has 1 aromatic rings. The number of likely N-dealkylation sites (tertiary alicyclic amines) is 1. The average Bonchev–Trinajstić information content (AvgIpc) is 2.95. The molecule has 2 unspecified atom stereocenters. The predicted octanol–water partition coefficient (Wildman–Crippen LogP) is 3.53. The SMILES string of the molecule is COc1cccc(C(CNC(=O)C2(C)CC2(Cl)Cl)N2CCCC2)c1. The molecule has 6 heteroatoms. The van der Waals surface area contributed by atoms with Gasteiger partial charge in [0.25, 0.3) is 0 Å². The number of halogens is 2. The number of nitrogens with zero attached hydrogens (tertiary/aromatic N) is 1. The van der Waals surface area contributed by atoms with E-state index in [0.29, 0.717) is 13.0 Å². The van der Waals surface area contributed by atoms with Crippen LogP contribution in [0.25, 0.3) is 0 Å². The zero-order valence-electron chi connectivity index (χ0n) is 14.1. The first-order valence-electron chi connectivity index (χ1n) is 8.41. The van der Waals surface area contributed by atoms with Gasteiger partial charge in [-0.25, -0.2) is 0 Å². The molecule has 1 amide bonds. The summed E-state index contributed by atoms with van der Waals surface area (Å²) in [7, 11) is 1.67. The first-order chi connectivity index (χ1) is 11.4. The van der Waals surface area contributed by atoms with E-state index in [0.717, 1.165) is 24.4 Å². The first-order valence-corrected chi connectivity index (χ1v) is 9.17. The lowest BCUT2D eigenvalue weighted by atomic mass is 10.0. The van der Waals surface area contributed by atoms with E-state index in [-0.39, 0.29) is 11.9 Å². The third-order valence-electron chi connectivity index (χ3n) is 5.27. The van der Waals surface area contributed by atoms with E-state index >= 15 is 0 Å². The molecular formula is C18H24Cl2N2O2. The van der Waals surface area contributed by atoms with E-state index in [1.165, 1.54) is 12.8 Å². The van der Waals surface area contributed by atoms with Crippen LogP contribution in [0, 0.1) is 5.41 Å². The highest BCUT2D eigenvalue weighted by atomic mass is 35.5. The highest BCUT2D eigenvalue weighted by Crippen LogP contribution is 2.63. The van der Waals surface area contributed by atoms with E-state index in [1.807, 2.05) is 25.1 Å². The van der Waals surface area contributed by atoms with Crippen molar-refractivity contribution < 1.29 is 9.53 Å². The van der Waals surface area contributed by atoms with Crippen LogP contribution in [-0.2, 0) is 4.79 Å². The van der Waals surface area contributed by atoms with Crippen molar-refractivity contribution >= 4 is 29.1 Å². The monoisotopic (exact) mass is 370 g/mol. The van der Waals surface area contributed by atoms with Gasteiger partial charge in [0.1, 0.15) is 10.1 Å². The van der Waals surface area contributed by atoms with Gasteiger partial charge in [0, 0.05) is 6.54 Å². The van der Waals surface area contributed by atoms with Crippen LogP contribution in [0.3, 0.4) is 0 Å². The minimum Gasteiger partial charge on any atom is -0.497 e. The van der Waals surface area contributed by atoms with Crippen molar-refractivity contribution in [2.45, 2.75) is 36.6 Å². The van der Waals surface area contributed by atoms with Crippen LogP contribution in [0.2, 0.25) is 0 Å². The summed E-state index contributed by atoms with van der Waals surface area (Å²) in [6, 6.07) is 8.19. The molecule has 0 aromatic heterocycles. The second-order valence-electron chi connectivity index (χ2n) is 6.96. The topological polar surface area (TPSA) is 41.6 Å². The maximum atomic E-state index is 12.5. The second kappa shape index (κ2) is 6.74. The zero-order valence-corrected chi connectivity index (χ0v) is 15.7. The van der Waals surface area contributed by atoms with E-state index in [2.05, 4.69) is 16.3 Å². The largest absolute Gasteiger partial charge is 0.497 e. The Kier molecular flexibility index (Phi) is 5.01. The van der Waals surface area contributed by atoms with Crippen molar-refractivity contribution in [2.24, 2.45) is 5.41 Å². The summed E-state index contributed by atoms with van der Waals surface area (Å²) in [6.07, 6.45) is 2.89. The summed E-state index contributed by atoms with van der Waals surface area (Å²) in [5.41, 5.74) is 0.473. The number of hydrogen-bond donors (Lipinski definition) is 1. The molecule has 1 aliphatic carbocycles. The molecule has 1 saturated carbocycles. The zero-order chi connectivity index (χ0) is 17.4. The van der Waals surface area contributed by atoms with Gasteiger partial charge in [-0.15, -0.1) is 23.2 Å². The van der Waals surface area contributed by atoms with Gasteiger partial charge in [-0.1, -0.05) is 12.1 Å². The van der Waals surface area contributed by atoms with Gasteiger partial charge in [0.05, 0.1) is 18.6 Å². The third kappa shape index (κ3) is 3.37. The predicted molar refractivity (Wildman–Crippen MR) is 96.7 cm³/mol. The summed E-state index contributed by atoms with van der Waals surface area (Å²) in [4.78, 5) is 14.9. The summed E-state index contributed by atoms with van der Waals surface area (Å²) in [6.45, 7) is 4.46. The molecule has 1 heterocycles. The van der Waals surface area contributed by atoms with Crippen molar-refractivity contribution in [2.75, 3.05) is 26.7 Å². The minimum absolute atomic E-state index is 0.0698. The van der Waals surface area contributed by atoms with Crippen LogP contribution in [0.4, 0.5) is 0 Å². The molecule has 0 spiro atoms. The Hall–Kier alpha value is -0.970. The van der Waals surface area contributed by atoms with Crippen molar-refractivity contribution in [1.29, 1.82) is 0 Å². The normalized spacial score (nSPS) is 26.8. The van der Waals surface area contributed by atoms with E-state index in [1.54, 1.807) is 7.11 Å². The molecular weight excluding hydrogens is 347 g/mol. The van der Waals surface area contributed by atoms with Gasteiger partial charge in [0.15, 0.2) is 0 Å². The number of benzene rings is 1. The summed E-state index contributed by atoms with van der Waals surface area (Å²) in [5.74, 6) is 0.761. The van der Waals surface area contributed by atoms with Gasteiger partial charge < -0.3 is 10.1 Å². The van der Waals surface area contributed by atoms with Crippen LogP contribution in [0.1, 0.15) is 37.8 Å². The molecule has 2 atom stereocenters. The molecule has 1 aromatic carbocycles. The Morgan fingerprint density at radius 2 is 2.04 bits per heavy atom.